The summed E-state index contributed by atoms with van der Waals surface area (Å²) in [6, 6.07) is 0.147. The van der Waals surface area contributed by atoms with Crippen molar-refractivity contribution in [2.24, 2.45) is 4.99 Å². The number of hydrogen-bond acceptors (Lipinski definition) is 4. The van der Waals surface area contributed by atoms with E-state index in [9.17, 15) is 8.42 Å². The molecule has 2 saturated heterocycles. The molecule has 0 aromatic carbocycles. The molecular formula is C7H12N2O2S2. The summed E-state index contributed by atoms with van der Waals surface area (Å²) in [5.74, 6) is 0.603. The SMILES string of the molecule is CN=C1S[C@@H]2CS(=O)(=O)C[C@@H]2N1C. The van der Waals surface area contributed by atoms with E-state index in [1.807, 2.05) is 11.9 Å². The first kappa shape index (κ1) is 9.33. The van der Waals surface area contributed by atoms with E-state index in [-0.39, 0.29) is 11.3 Å². The highest BCUT2D eigenvalue weighted by molar-refractivity contribution is 8.15. The molecule has 2 rings (SSSR count). The maximum Gasteiger partial charge on any atom is 0.159 e. The van der Waals surface area contributed by atoms with Gasteiger partial charge >= 0.3 is 0 Å². The van der Waals surface area contributed by atoms with Crippen LogP contribution in [0.3, 0.4) is 0 Å². The summed E-state index contributed by atoms with van der Waals surface area (Å²) >= 11 is 1.59. The van der Waals surface area contributed by atoms with Crippen LogP contribution in [0.5, 0.6) is 0 Å². The van der Waals surface area contributed by atoms with E-state index in [0.717, 1.165) is 5.17 Å². The second kappa shape index (κ2) is 2.88. The minimum atomic E-state index is -2.79. The van der Waals surface area contributed by atoms with Gasteiger partial charge in [-0.2, -0.15) is 0 Å². The average Bonchev–Trinajstić information content (AvgIpc) is 2.47. The Morgan fingerprint density at radius 1 is 1.54 bits per heavy atom. The van der Waals surface area contributed by atoms with Gasteiger partial charge in [0.05, 0.1) is 17.5 Å². The summed E-state index contributed by atoms with van der Waals surface area (Å²) < 4.78 is 22.6. The number of fused-ring (bicyclic) bond motifs is 1. The predicted molar refractivity (Wildman–Crippen MR) is 54.9 cm³/mol. The Morgan fingerprint density at radius 2 is 2.23 bits per heavy atom. The maximum absolute atomic E-state index is 11.3. The molecule has 2 aliphatic heterocycles. The third kappa shape index (κ3) is 1.46. The molecule has 0 amide bonds. The lowest BCUT2D eigenvalue weighted by Gasteiger charge is -2.17. The molecule has 0 aromatic rings. The monoisotopic (exact) mass is 220 g/mol. The van der Waals surface area contributed by atoms with Gasteiger partial charge in [0, 0.05) is 19.3 Å². The summed E-state index contributed by atoms with van der Waals surface area (Å²) in [7, 11) is 0.874. The van der Waals surface area contributed by atoms with Crippen molar-refractivity contribution in [2.45, 2.75) is 11.3 Å². The normalized spacial score (nSPS) is 39.8. The van der Waals surface area contributed by atoms with Crippen LogP contribution in [0.1, 0.15) is 0 Å². The fraction of sp³-hybridized carbons (Fsp3) is 0.857. The van der Waals surface area contributed by atoms with Crippen molar-refractivity contribution in [3.63, 3.8) is 0 Å². The van der Waals surface area contributed by atoms with Crippen LogP contribution in [0, 0.1) is 0 Å². The van der Waals surface area contributed by atoms with Crippen LogP contribution in [0.2, 0.25) is 0 Å². The third-order valence-corrected chi connectivity index (χ3v) is 5.91. The predicted octanol–water partition coefficient (Wildman–Crippen LogP) is -0.184. The van der Waals surface area contributed by atoms with Gasteiger partial charge in [0.2, 0.25) is 0 Å². The maximum atomic E-state index is 11.3. The molecule has 4 nitrogen and oxygen atoms in total. The van der Waals surface area contributed by atoms with Crippen LogP contribution in [0.15, 0.2) is 4.99 Å². The Labute approximate surface area is 82.3 Å². The number of rotatable bonds is 0. The molecule has 2 aliphatic rings. The van der Waals surface area contributed by atoms with E-state index in [1.54, 1.807) is 18.8 Å². The second-order valence-electron chi connectivity index (χ2n) is 3.42. The van der Waals surface area contributed by atoms with Crippen molar-refractivity contribution in [3.8, 4) is 0 Å². The van der Waals surface area contributed by atoms with Crippen molar-refractivity contribution in [1.82, 2.24) is 4.90 Å². The molecule has 0 bridgehead atoms. The number of aliphatic imine (C=N–C) groups is 1. The van der Waals surface area contributed by atoms with Crippen molar-refractivity contribution >= 4 is 26.8 Å². The smallest absolute Gasteiger partial charge is 0.159 e. The largest absolute Gasteiger partial charge is 0.349 e. The highest BCUT2D eigenvalue weighted by Gasteiger charge is 2.46. The number of thioether (sulfide) groups is 1. The lowest BCUT2D eigenvalue weighted by molar-refractivity contribution is 0.423. The van der Waals surface area contributed by atoms with Crippen molar-refractivity contribution in [2.75, 3.05) is 25.6 Å². The molecule has 2 atom stereocenters. The van der Waals surface area contributed by atoms with Gasteiger partial charge in [0.15, 0.2) is 15.0 Å². The molecule has 0 spiro atoms. The molecule has 2 fully saturated rings. The lowest BCUT2D eigenvalue weighted by atomic mass is 10.2. The van der Waals surface area contributed by atoms with Gasteiger partial charge < -0.3 is 4.90 Å². The van der Waals surface area contributed by atoms with Gasteiger partial charge in [0.25, 0.3) is 0 Å². The fourth-order valence-electron chi connectivity index (χ4n) is 1.84. The number of amidine groups is 1. The Morgan fingerprint density at radius 3 is 2.77 bits per heavy atom. The Hall–Kier alpha value is -0.230. The minimum Gasteiger partial charge on any atom is -0.349 e. The molecule has 0 saturated carbocycles. The zero-order valence-electron chi connectivity index (χ0n) is 7.60. The average molecular weight is 220 g/mol. The van der Waals surface area contributed by atoms with Crippen LogP contribution < -0.4 is 0 Å². The number of hydrogen-bond donors (Lipinski definition) is 0. The van der Waals surface area contributed by atoms with Crippen LogP contribution in [-0.4, -0.2) is 55.4 Å². The summed E-state index contributed by atoms with van der Waals surface area (Å²) in [5, 5.41) is 1.17. The van der Waals surface area contributed by atoms with Crippen LogP contribution in [0.25, 0.3) is 0 Å². The van der Waals surface area contributed by atoms with Gasteiger partial charge in [0.1, 0.15) is 0 Å². The van der Waals surface area contributed by atoms with Gasteiger partial charge in [-0.3, -0.25) is 4.99 Å². The number of nitrogens with zero attached hydrogens (tertiary/aromatic N) is 2. The first-order chi connectivity index (χ1) is 6.03. The highest BCUT2D eigenvalue weighted by atomic mass is 32.2. The van der Waals surface area contributed by atoms with E-state index in [1.165, 1.54) is 0 Å². The van der Waals surface area contributed by atoms with Gasteiger partial charge in [-0.05, 0) is 0 Å². The van der Waals surface area contributed by atoms with Gasteiger partial charge in [-0.1, -0.05) is 11.8 Å². The Balaban J connectivity index is 2.25. The highest BCUT2D eigenvalue weighted by Crippen LogP contribution is 2.36. The van der Waals surface area contributed by atoms with Crippen molar-refractivity contribution in [1.29, 1.82) is 0 Å². The van der Waals surface area contributed by atoms with Crippen molar-refractivity contribution < 1.29 is 8.42 Å². The third-order valence-electron chi connectivity index (χ3n) is 2.52. The fourth-order valence-corrected chi connectivity index (χ4v) is 5.81. The topological polar surface area (TPSA) is 49.7 Å². The zero-order valence-corrected chi connectivity index (χ0v) is 9.23. The van der Waals surface area contributed by atoms with Gasteiger partial charge in [-0.25, -0.2) is 8.42 Å². The molecule has 2 heterocycles. The Kier molecular flexibility index (Phi) is 2.07. The van der Waals surface area contributed by atoms with Crippen LogP contribution in [0.4, 0.5) is 0 Å². The lowest BCUT2D eigenvalue weighted by Crippen LogP contribution is -2.33. The minimum absolute atomic E-state index is 0.147. The molecule has 74 valence electrons. The Bertz CT molecular complexity index is 350. The molecule has 0 aromatic heterocycles. The van der Waals surface area contributed by atoms with Crippen LogP contribution >= 0.6 is 11.8 Å². The summed E-state index contributed by atoms with van der Waals surface area (Å²) in [5.41, 5.74) is 0. The van der Waals surface area contributed by atoms with Crippen LogP contribution in [-0.2, 0) is 9.84 Å². The molecule has 6 heteroatoms. The molecule has 0 radical (unpaired) electrons. The van der Waals surface area contributed by atoms with E-state index in [4.69, 9.17) is 0 Å². The van der Waals surface area contributed by atoms with E-state index in [0.29, 0.717) is 11.5 Å². The van der Waals surface area contributed by atoms with Crippen molar-refractivity contribution in [3.05, 3.63) is 0 Å². The van der Waals surface area contributed by atoms with E-state index < -0.39 is 9.84 Å². The molecule has 0 aliphatic carbocycles. The molecule has 0 N–H and O–H groups in total. The quantitative estimate of drug-likeness (QED) is 0.568. The van der Waals surface area contributed by atoms with Gasteiger partial charge in [-0.15, -0.1) is 0 Å². The summed E-state index contributed by atoms with van der Waals surface area (Å²) in [6.45, 7) is 0. The second-order valence-corrected chi connectivity index (χ2v) is 6.78. The number of sulfone groups is 1. The first-order valence-corrected chi connectivity index (χ1v) is 6.80. The first-order valence-electron chi connectivity index (χ1n) is 4.10. The zero-order chi connectivity index (χ0) is 9.64. The molecular weight excluding hydrogens is 208 g/mol. The van der Waals surface area contributed by atoms with E-state index in [2.05, 4.69) is 4.99 Å². The van der Waals surface area contributed by atoms with E-state index >= 15 is 0 Å². The summed E-state index contributed by atoms with van der Waals surface area (Å²) in [4.78, 5) is 6.10. The standard InChI is InChI=1S/C7H12N2O2S2/c1-8-7-9(2)5-3-13(10,11)4-6(5)12-7/h5-6H,3-4H2,1-2H3/t5-,6+/m0/s1. The molecule has 13 heavy (non-hydrogen) atoms. The summed E-state index contributed by atoms with van der Waals surface area (Å²) in [6.07, 6.45) is 0. The molecule has 0 unspecified atom stereocenters.